The molecule has 1 atom stereocenters. The zero-order valence-electron chi connectivity index (χ0n) is 9.55. The Bertz CT molecular complexity index is 377. The smallest absolute Gasteiger partial charge is 0.328 e. The molecule has 0 radical (unpaired) electrons. The number of hydrogen-bond donors (Lipinski definition) is 2. The van der Waals surface area contributed by atoms with Gasteiger partial charge in [-0.1, -0.05) is 30.3 Å². The summed E-state index contributed by atoms with van der Waals surface area (Å²) in [5.41, 5.74) is 0.876. The zero-order valence-corrected chi connectivity index (χ0v) is 9.55. The minimum absolute atomic E-state index is 0.166. The van der Waals surface area contributed by atoms with Gasteiger partial charge in [-0.25, -0.2) is 4.79 Å². The first kappa shape index (κ1) is 13.2. The van der Waals surface area contributed by atoms with E-state index < -0.39 is 24.5 Å². The molecule has 1 aromatic carbocycles. The summed E-state index contributed by atoms with van der Waals surface area (Å²) in [4.78, 5) is 22.3. The maximum absolute atomic E-state index is 11.4. The number of rotatable bonds is 5. The zero-order chi connectivity index (χ0) is 12.7. The number of carbonyl (C=O) groups excluding carboxylic acids is 2. The van der Waals surface area contributed by atoms with Crippen LogP contribution in [0.25, 0.3) is 0 Å². The van der Waals surface area contributed by atoms with Gasteiger partial charge in [-0.15, -0.1) is 0 Å². The SMILES string of the molecule is C[C@H](NC(=O)CO)C(=O)OCc1ccccc1. The largest absolute Gasteiger partial charge is 0.459 e. The molecule has 0 aliphatic rings. The molecule has 0 fully saturated rings. The van der Waals surface area contributed by atoms with Gasteiger partial charge < -0.3 is 15.2 Å². The third-order valence-corrected chi connectivity index (χ3v) is 2.10. The van der Waals surface area contributed by atoms with E-state index in [-0.39, 0.29) is 6.61 Å². The van der Waals surface area contributed by atoms with Gasteiger partial charge in [0.15, 0.2) is 0 Å². The Kier molecular flexibility index (Phi) is 5.16. The highest BCUT2D eigenvalue weighted by molar-refractivity contribution is 5.84. The topological polar surface area (TPSA) is 75.6 Å². The van der Waals surface area contributed by atoms with Gasteiger partial charge in [0.05, 0.1) is 0 Å². The van der Waals surface area contributed by atoms with Crippen LogP contribution in [-0.4, -0.2) is 29.6 Å². The van der Waals surface area contributed by atoms with E-state index in [1.807, 2.05) is 30.3 Å². The van der Waals surface area contributed by atoms with Crippen molar-refractivity contribution in [3.05, 3.63) is 35.9 Å². The number of nitrogens with one attached hydrogen (secondary N) is 1. The van der Waals surface area contributed by atoms with Gasteiger partial charge in [0.2, 0.25) is 5.91 Å². The van der Waals surface area contributed by atoms with Crippen molar-refractivity contribution in [1.82, 2.24) is 5.32 Å². The molecule has 2 N–H and O–H groups in total. The maximum Gasteiger partial charge on any atom is 0.328 e. The van der Waals surface area contributed by atoms with E-state index in [9.17, 15) is 9.59 Å². The maximum atomic E-state index is 11.4. The summed E-state index contributed by atoms with van der Waals surface area (Å²) in [5, 5.41) is 10.8. The highest BCUT2D eigenvalue weighted by atomic mass is 16.5. The molecular weight excluding hydrogens is 222 g/mol. The number of ether oxygens (including phenoxy) is 1. The molecule has 0 aliphatic carbocycles. The highest BCUT2D eigenvalue weighted by Crippen LogP contribution is 2.01. The van der Waals surface area contributed by atoms with Crippen molar-refractivity contribution in [1.29, 1.82) is 0 Å². The number of aliphatic hydroxyl groups is 1. The second-order valence-electron chi connectivity index (χ2n) is 3.54. The van der Waals surface area contributed by atoms with Crippen molar-refractivity contribution in [3.8, 4) is 0 Å². The quantitative estimate of drug-likeness (QED) is 0.719. The molecule has 0 aliphatic heterocycles. The number of carbonyl (C=O) groups is 2. The van der Waals surface area contributed by atoms with Gasteiger partial charge in [-0.2, -0.15) is 0 Å². The van der Waals surface area contributed by atoms with Crippen LogP contribution in [0.15, 0.2) is 30.3 Å². The second kappa shape index (κ2) is 6.65. The van der Waals surface area contributed by atoms with Crippen molar-refractivity contribution in [2.75, 3.05) is 6.61 Å². The standard InChI is InChI=1S/C12H15NO4/c1-9(13-11(15)7-14)12(16)17-8-10-5-3-2-4-6-10/h2-6,9,14H,7-8H2,1H3,(H,13,15)/t9-/m0/s1. The van der Waals surface area contributed by atoms with Crippen LogP contribution in [0.3, 0.4) is 0 Å². The Balaban J connectivity index is 2.37. The number of aliphatic hydroxyl groups excluding tert-OH is 1. The first-order valence-electron chi connectivity index (χ1n) is 5.24. The molecule has 0 saturated carbocycles. The van der Waals surface area contributed by atoms with Crippen molar-refractivity contribution in [2.24, 2.45) is 0 Å². The summed E-state index contributed by atoms with van der Waals surface area (Å²) < 4.78 is 5.00. The molecule has 0 bridgehead atoms. The summed E-state index contributed by atoms with van der Waals surface area (Å²) in [6, 6.07) is 8.47. The third kappa shape index (κ3) is 4.65. The Hall–Kier alpha value is -1.88. The van der Waals surface area contributed by atoms with Gasteiger partial charge in [-0.05, 0) is 12.5 Å². The molecule has 0 heterocycles. The molecule has 17 heavy (non-hydrogen) atoms. The van der Waals surface area contributed by atoms with Crippen LogP contribution in [-0.2, 0) is 20.9 Å². The lowest BCUT2D eigenvalue weighted by molar-refractivity contribution is -0.148. The molecule has 1 rings (SSSR count). The minimum atomic E-state index is -0.765. The van der Waals surface area contributed by atoms with Gasteiger partial charge in [0.1, 0.15) is 19.3 Å². The Morgan fingerprint density at radius 1 is 1.35 bits per heavy atom. The number of hydrogen-bond acceptors (Lipinski definition) is 4. The average molecular weight is 237 g/mol. The van der Waals surface area contributed by atoms with Crippen LogP contribution in [0.5, 0.6) is 0 Å². The van der Waals surface area contributed by atoms with E-state index in [0.29, 0.717) is 0 Å². The van der Waals surface area contributed by atoms with Crippen LogP contribution < -0.4 is 5.32 Å². The van der Waals surface area contributed by atoms with E-state index in [0.717, 1.165) is 5.56 Å². The summed E-state index contributed by atoms with van der Waals surface area (Å²) in [7, 11) is 0. The summed E-state index contributed by atoms with van der Waals surface area (Å²) >= 11 is 0. The predicted octanol–water partition coefficient (Wildman–Crippen LogP) is 0.227. The average Bonchev–Trinajstić information content (AvgIpc) is 2.36. The first-order valence-corrected chi connectivity index (χ1v) is 5.24. The van der Waals surface area contributed by atoms with Crippen molar-refractivity contribution in [2.45, 2.75) is 19.6 Å². The lowest BCUT2D eigenvalue weighted by Gasteiger charge is -2.12. The van der Waals surface area contributed by atoms with Crippen molar-refractivity contribution in [3.63, 3.8) is 0 Å². The first-order chi connectivity index (χ1) is 8.13. The Labute approximate surface area is 99.4 Å². The van der Waals surface area contributed by atoms with Crippen LogP contribution >= 0.6 is 0 Å². The monoisotopic (exact) mass is 237 g/mol. The molecule has 1 aromatic rings. The summed E-state index contributed by atoms with van der Waals surface area (Å²) in [6.07, 6.45) is 0. The lowest BCUT2D eigenvalue weighted by Crippen LogP contribution is -2.40. The highest BCUT2D eigenvalue weighted by Gasteiger charge is 2.16. The van der Waals surface area contributed by atoms with Crippen LogP contribution in [0.4, 0.5) is 0 Å². The van der Waals surface area contributed by atoms with E-state index in [2.05, 4.69) is 5.32 Å². The number of esters is 1. The minimum Gasteiger partial charge on any atom is -0.459 e. The molecule has 0 spiro atoms. The van der Waals surface area contributed by atoms with Crippen LogP contribution in [0.1, 0.15) is 12.5 Å². The molecule has 5 nitrogen and oxygen atoms in total. The predicted molar refractivity (Wildman–Crippen MR) is 60.9 cm³/mol. The van der Waals surface area contributed by atoms with Gasteiger partial charge in [-0.3, -0.25) is 4.79 Å². The fourth-order valence-corrected chi connectivity index (χ4v) is 1.20. The van der Waals surface area contributed by atoms with Gasteiger partial charge in [0.25, 0.3) is 0 Å². The summed E-state index contributed by atoms with van der Waals surface area (Å²) in [6.45, 7) is 1.02. The number of benzene rings is 1. The molecule has 0 aromatic heterocycles. The van der Waals surface area contributed by atoms with Crippen LogP contribution in [0.2, 0.25) is 0 Å². The molecule has 0 unspecified atom stereocenters. The molecule has 0 saturated heterocycles. The molecule has 5 heteroatoms. The Morgan fingerprint density at radius 3 is 2.59 bits per heavy atom. The van der Waals surface area contributed by atoms with Gasteiger partial charge in [0, 0.05) is 0 Å². The number of amides is 1. The molecule has 1 amide bonds. The van der Waals surface area contributed by atoms with Crippen molar-refractivity contribution >= 4 is 11.9 Å². The summed E-state index contributed by atoms with van der Waals surface area (Å²) in [5.74, 6) is -1.13. The van der Waals surface area contributed by atoms with E-state index in [4.69, 9.17) is 9.84 Å². The lowest BCUT2D eigenvalue weighted by atomic mass is 10.2. The van der Waals surface area contributed by atoms with Crippen LogP contribution in [0, 0.1) is 0 Å². The second-order valence-corrected chi connectivity index (χ2v) is 3.54. The normalized spacial score (nSPS) is 11.6. The van der Waals surface area contributed by atoms with Crippen molar-refractivity contribution < 1.29 is 19.4 Å². The van der Waals surface area contributed by atoms with Gasteiger partial charge >= 0.3 is 5.97 Å². The van der Waals surface area contributed by atoms with E-state index in [1.165, 1.54) is 6.92 Å². The fraction of sp³-hybridized carbons (Fsp3) is 0.333. The Morgan fingerprint density at radius 2 is 2.00 bits per heavy atom. The molecular formula is C12H15NO4. The molecule has 92 valence electrons. The fourth-order valence-electron chi connectivity index (χ4n) is 1.20. The van der Waals surface area contributed by atoms with E-state index >= 15 is 0 Å². The third-order valence-electron chi connectivity index (χ3n) is 2.10. The van der Waals surface area contributed by atoms with E-state index in [1.54, 1.807) is 0 Å².